The monoisotopic (exact) mass is 255 g/mol. The number of pyridine rings is 1. The largest absolute Gasteiger partial charge is 0.490 e. The van der Waals surface area contributed by atoms with Gasteiger partial charge in [0, 0.05) is 18.0 Å². The minimum Gasteiger partial charge on any atom is -0.490 e. The van der Waals surface area contributed by atoms with E-state index in [0.29, 0.717) is 6.42 Å². The van der Waals surface area contributed by atoms with Crippen LogP contribution in [0.3, 0.4) is 0 Å². The number of aromatic nitrogens is 1. The predicted molar refractivity (Wildman–Crippen MR) is 74.7 cm³/mol. The van der Waals surface area contributed by atoms with Gasteiger partial charge in [0.2, 0.25) is 0 Å². The van der Waals surface area contributed by atoms with E-state index >= 15 is 0 Å². The Labute approximate surface area is 112 Å². The third kappa shape index (κ3) is 3.21. The van der Waals surface area contributed by atoms with Gasteiger partial charge in [0.1, 0.15) is 11.3 Å². The molecule has 2 atom stereocenters. The van der Waals surface area contributed by atoms with Crippen molar-refractivity contribution in [3.8, 4) is 11.8 Å². The average molecular weight is 255 g/mol. The summed E-state index contributed by atoms with van der Waals surface area (Å²) in [6.07, 6.45) is 2.09. The molecule has 98 valence electrons. The number of benzene rings is 1. The van der Waals surface area contributed by atoms with Crippen molar-refractivity contribution in [1.82, 2.24) is 4.98 Å². The summed E-state index contributed by atoms with van der Waals surface area (Å²) in [5.74, 6) is 0.770. The zero-order chi connectivity index (χ0) is 13.9. The van der Waals surface area contributed by atoms with E-state index in [4.69, 9.17) is 15.7 Å². The van der Waals surface area contributed by atoms with E-state index in [1.165, 1.54) is 0 Å². The fourth-order valence-corrected chi connectivity index (χ4v) is 2.08. The minimum atomic E-state index is -0.873. The lowest BCUT2D eigenvalue weighted by Gasteiger charge is -2.22. The molecule has 0 amide bonds. The molecule has 2 unspecified atom stereocenters. The topological polar surface area (TPSA) is 71.9 Å². The van der Waals surface area contributed by atoms with Gasteiger partial charge in [-0.05, 0) is 38.1 Å². The van der Waals surface area contributed by atoms with Crippen LogP contribution in [0, 0.1) is 11.3 Å². The maximum Gasteiger partial charge on any atom is 0.129 e. The zero-order valence-electron chi connectivity index (χ0n) is 11.1. The molecule has 1 aromatic heterocycles. The Morgan fingerprint density at radius 3 is 2.95 bits per heavy atom. The van der Waals surface area contributed by atoms with Crippen molar-refractivity contribution in [2.24, 2.45) is 5.73 Å². The van der Waals surface area contributed by atoms with E-state index < -0.39 is 5.54 Å². The normalized spacial score (nSPS) is 15.5. The third-order valence-electron chi connectivity index (χ3n) is 2.90. The molecule has 0 saturated heterocycles. The smallest absolute Gasteiger partial charge is 0.129 e. The Bertz CT molecular complexity index is 611. The molecule has 0 aliphatic rings. The highest BCUT2D eigenvalue weighted by atomic mass is 16.5. The highest BCUT2D eigenvalue weighted by molar-refractivity contribution is 5.84. The van der Waals surface area contributed by atoms with Gasteiger partial charge >= 0.3 is 0 Å². The molecule has 1 aromatic carbocycles. The van der Waals surface area contributed by atoms with Crippen LogP contribution in [0.2, 0.25) is 0 Å². The lowest BCUT2D eigenvalue weighted by Crippen LogP contribution is -2.38. The second kappa shape index (κ2) is 5.25. The van der Waals surface area contributed by atoms with Gasteiger partial charge in [0.15, 0.2) is 0 Å². The molecule has 0 aliphatic heterocycles. The highest BCUT2D eigenvalue weighted by Crippen LogP contribution is 2.25. The fraction of sp³-hybridized carbons (Fsp3) is 0.333. The molecule has 2 aromatic rings. The maximum absolute atomic E-state index is 8.94. The van der Waals surface area contributed by atoms with Crippen LogP contribution in [0.15, 0.2) is 36.5 Å². The molecule has 2 rings (SSSR count). The molecule has 0 radical (unpaired) electrons. The number of hydrogen-bond donors (Lipinski definition) is 1. The summed E-state index contributed by atoms with van der Waals surface area (Å²) in [7, 11) is 0. The molecule has 0 spiro atoms. The molecule has 4 heteroatoms. The Balaban J connectivity index is 2.20. The van der Waals surface area contributed by atoms with Crippen LogP contribution in [-0.2, 0) is 0 Å². The summed E-state index contributed by atoms with van der Waals surface area (Å²) in [6, 6.07) is 11.7. The van der Waals surface area contributed by atoms with Crippen LogP contribution < -0.4 is 10.5 Å². The molecule has 0 bridgehead atoms. The first-order chi connectivity index (χ1) is 9.02. The number of nitrogens with zero attached hydrogens (tertiary/aromatic N) is 2. The maximum atomic E-state index is 8.94. The minimum absolute atomic E-state index is 0.138. The number of nitriles is 1. The molecule has 19 heavy (non-hydrogen) atoms. The van der Waals surface area contributed by atoms with Gasteiger partial charge in [-0.2, -0.15) is 5.26 Å². The van der Waals surface area contributed by atoms with E-state index in [1.807, 2.05) is 37.3 Å². The van der Waals surface area contributed by atoms with Crippen LogP contribution in [0.5, 0.6) is 5.75 Å². The van der Waals surface area contributed by atoms with Crippen molar-refractivity contribution >= 4 is 10.9 Å². The highest BCUT2D eigenvalue weighted by Gasteiger charge is 2.22. The fourth-order valence-electron chi connectivity index (χ4n) is 2.08. The molecular formula is C15H17N3O. The summed E-state index contributed by atoms with van der Waals surface area (Å²) in [6.45, 7) is 3.62. The molecular weight excluding hydrogens is 238 g/mol. The summed E-state index contributed by atoms with van der Waals surface area (Å²) < 4.78 is 5.89. The van der Waals surface area contributed by atoms with E-state index in [9.17, 15) is 0 Å². The average Bonchev–Trinajstić information content (AvgIpc) is 2.38. The molecule has 4 nitrogen and oxygen atoms in total. The predicted octanol–water partition coefficient (Wildman–Crippen LogP) is 2.63. The van der Waals surface area contributed by atoms with Crippen molar-refractivity contribution in [1.29, 1.82) is 5.26 Å². The zero-order valence-corrected chi connectivity index (χ0v) is 11.1. The molecule has 0 fully saturated rings. The number of rotatable bonds is 4. The Morgan fingerprint density at radius 1 is 1.42 bits per heavy atom. The van der Waals surface area contributed by atoms with Gasteiger partial charge < -0.3 is 10.5 Å². The van der Waals surface area contributed by atoms with Gasteiger partial charge in [-0.15, -0.1) is 0 Å². The first-order valence-electron chi connectivity index (χ1n) is 6.22. The summed E-state index contributed by atoms with van der Waals surface area (Å²) in [5, 5.41) is 9.91. The van der Waals surface area contributed by atoms with Crippen LogP contribution in [0.1, 0.15) is 20.3 Å². The SMILES string of the molecule is CC(CC(C)(N)C#N)Oc1cccc2ncccc12. The van der Waals surface area contributed by atoms with Gasteiger partial charge in [-0.1, -0.05) is 6.07 Å². The van der Waals surface area contributed by atoms with E-state index in [1.54, 1.807) is 13.1 Å². The first-order valence-corrected chi connectivity index (χ1v) is 6.22. The number of nitrogens with two attached hydrogens (primary N) is 1. The molecule has 0 aliphatic carbocycles. The van der Waals surface area contributed by atoms with Crippen molar-refractivity contribution in [3.63, 3.8) is 0 Å². The van der Waals surface area contributed by atoms with E-state index in [-0.39, 0.29) is 6.10 Å². The van der Waals surface area contributed by atoms with E-state index in [2.05, 4.69) is 11.1 Å². The van der Waals surface area contributed by atoms with Crippen LogP contribution in [0.4, 0.5) is 0 Å². The summed E-state index contributed by atoms with van der Waals surface area (Å²) in [5.41, 5.74) is 5.85. The second-order valence-electron chi connectivity index (χ2n) is 4.99. The van der Waals surface area contributed by atoms with Crippen molar-refractivity contribution < 1.29 is 4.74 Å². The first kappa shape index (κ1) is 13.3. The second-order valence-corrected chi connectivity index (χ2v) is 4.99. The molecule has 0 saturated carbocycles. The van der Waals surface area contributed by atoms with Crippen molar-refractivity contribution in [2.45, 2.75) is 31.9 Å². The van der Waals surface area contributed by atoms with Crippen LogP contribution in [-0.4, -0.2) is 16.6 Å². The number of hydrogen-bond acceptors (Lipinski definition) is 4. The Kier molecular flexibility index (Phi) is 3.68. The standard InChI is InChI=1S/C15H17N3O/c1-11(9-15(2,17)10-16)19-14-7-3-6-13-12(14)5-4-8-18-13/h3-8,11H,9,17H2,1-2H3. The Hall–Kier alpha value is -2.12. The number of ether oxygens (including phenoxy) is 1. The van der Waals surface area contributed by atoms with Gasteiger partial charge in [0.25, 0.3) is 0 Å². The number of fused-ring (bicyclic) bond motifs is 1. The quantitative estimate of drug-likeness (QED) is 0.911. The van der Waals surface area contributed by atoms with Gasteiger partial charge in [-0.25, -0.2) is 0 Å². The van der Waals surface area contributed by atoms with Crippen molar-refractivity contribution in [2.75, 3.05) is 0 Å². The third-order valence-corrected chi connectivity index (χ3v) is 2.90. The van der Waals surface area contributed by atoms with Crippen LogP contribution >= 0.6 is 0 Å². The Morgan fingerprint density at radius 2 is 2.21 bits per heavy atom. The summed E-state index contributed by atoms with van der Waals surface area (Å²) >= 11 is 0. The van der Waals surface area contributed by atoms with Crippen LogP contribution in [0.25, 0.3) is 10.9 Å². The lowest BCUT2D eigenvalue weighted by molar-refractivity contribution is 0.193. The summed E-state index contributed by atoms with van der Waals surface area (Å²) in [4.78, 5) is 4.28. The van der Waals surface area contributed by atoms with Gasteiger partial charge in [0.05, 0.1) is 17.7 Å². The van der Waals surface area contributed by atoms with E-state index in [0.717, 1.165) is 16.7 Å². The lowest BCUT2D eigenvalue weighted by atomic mass is 9.98. The van der Waals surface area contributed by atoms with Gasteiger partial charge in [-0.3, -0.25) is 4.98 Å². The molecule has 2 N–H and O–H groups in total. The molecule has 1 heterocycles. The van der Waals surface area contributed by atoms with Crippen molar-refractivity contribution in [3.05, 3.63) is 36.5 Å².